The van der Waals surface area contributed by atoms with Crippen LogP contribution in [-0.2, 0) is 9.53 Å². The predicted octanol–water partition coefficient (Wildman–Crippen LogP) is -0.708. The number of carbonyl (C=O) groups is 2. The van der Waals surface area contributed by atoms with E-state index in [4.69, 9.17) is 5.73 Å². The maximum atomic E-state index is 11.4. The molecule has 6 nitrogen and oxygen atoms in total. The molecule has 15 heavy (non-hydrogen) atoms. The highest BCUT2D eigenvalue weighted by Gasteiger charge is 2.26. The smallest absolute Gasteiger partial charge is 0.410 e. The summed E-state index contributed by atoms with van der Waals surface area (Å²) in [7, 11) is 1.30. The summed E-state index contributed by atoms with van der Waals surface area (Å²) in [5.41, 5.74) is 5.09. The standard InChI is InChI=1S/C9H17N3O3/c1-15-9(14)12(6-8(10)13)7-2-4-11-5-3-7/h7,11H,2-6H2,1H3,(H2,10,13). The van der Waals surface area contributed by atoms with Crippen molar-refractivity contribution in [3.05, 3.63) is 0 Å². The monoisotopic (exact) mass is 215 g/mol. The van der Waals surface area contributed by atoms with Crippen LogP contribution in [0.1, 0.15) is 12.8 Å². The van der Waals surface area contributed by atoms with Crippen LogP contribution >= 0.6 is 0 Å². The Bertz CT molecular complexity index is 239. The highest BCUT2D eigenvalue weighted by molar-refractivity contribution is 5.80. The number of nitrogens with zero attached hydrogens (tertiary/aromatic N) is 1. The molecule has 3 N–H and O–H groups in total. The maximum absolute atomic E-state index is 11.4. The van der Waals surface area contributed by atoms with Crippen LogP contribution in [0.25, 0.3) is 0 Å². The average molecular weight is 215 g/mol. The van der Waals surface area contributed by atoms with Crippen molar-refractivity contribution in [2.24, 2.45) is 5.73 Å². The van der Waals surface area contributed by atoms with Gasteiger partial charge in [-0.3, -0.25) is 9.69 Å². The lowest BCUT2D eigenvalue weighted by molar-refractivity contribution is -0.119. The molecule has 0 aromatic carbocycles. The molecule has 0 saturated carbocycles. The summed E-state index contributed by atoms with van der Waals surface area (Å²) in [4.78, 5) is 23.7. The molecule has 1 heterocycles. The molecule has 2 amide bonds. The second kappa shape index (κ2) is 5.55. The minimum atomic E-state index is -0.515. The Morgan fingerprint density at radius 2 is 2.07 bits per heavy atom. The normalized spacial score (nSPS) is 17.1. The van der Waals surface area contributed by atoms with Gasteiger partial charge in [-0.1, -0.05) is 0 Å². The Balaban J connectivity index is 2.60. The number of amides is 2. The lowest BCUT2D eigenvalue weighted by atomic mass is 10.1. The zero-order chi connectivity index (χ0) is 11.3. The van der Waals surface area contributed by atoms with Crippen LogP contribution in [-0.4, -0.2) is 49.7 Å². The number of hydrogen-bond donors (Lipinski definition) is 2. The molecule has 6 heteroatoms. The van der Waals surface area contributed by atoms with Gasteiger partial charge >= 0.3 is 6.09 Å². The number of primary amides is 1. The molecule has 1 saturated heterocycles. The zero-order valence-corrected chi connectivity index (χ0v) is 8.86. The van der Waals surface area contributed by atoms with Gasteiger partial charge in [0.1, 0.15) is 6.54 Å². The fourth-order valence-corrected chi connectivity index (χ4v) is 1.75. The molecule has 0 radical (unpaired) electrons. The Hall–Kier alpha value is -1.30. The number of piperidine rings is 1. The van der Waals surface area contributed by atoms with Crippen LogP contribution in [0.5, 0.6) is 0 Å². The van der Waals surface area contributed by atoms with E-state index in [-0.39, 0.29) is 12.6 Å². The number of methoxy groups -OCH3 is 1. The molecule has 1 fully saturated rings. The van der Waals surface area contributed by atoms with Crippen LogP contribution in [0.3, 0.4) is 0 Å². The van der Waals surface area contributed by atoms with Crippen LogP contribution in [0.15, 0.2) is 0 Å². The van der Waals surface area contributed by atoms with Crippen molar-refractivity contribution in [3.8, 4) is 0 Å². The minimum Gasteiger partial charge on any atom is -0.453 e. The van der Waals surface area contributed by atoms with Crippen molar-refractivity contribution >= 4 is 12.0 Å². The molecule has 0 aliphatic carbocycles. The first kappa shape index (κ1) is 11.8. The van der Waals surface area contributed by atoms with Crippen molar-refractivity contribution in [1.29, 1.82) is 0 Å². The van der Waals surface area contributed by atoms with E-state index < -0.39 is 12.0 Å². The summed E-state index contributed by atoms with van der Waals surface area (Å²) in [6, 6.07) is 0.0474. The number of carbonyl (C=O) groups excluding carboxylic acids is 2. The largest absolute Gasteiger partial charge is 0.453 e. The van der Waals surface area contributed by atoms with Gasteiger partial charge < -0.3 is 15.8 Å². The first-order chi connectivity index (χ1) is 7.15. The fourth-order valence-electron chi connectivity index (χ4n) is 1.75. The van der Waals surface area contributed by atoms with E-state index in [1.165, 1.54) is 12.0 Å². The van der Waals surface area contributed by atoms with Gasteiger partial charge in [-0.2, -0.15) is 0 Å². The van der Waals surface area contributed by atoms with Crippen molar-refractivity contribution in [1.82, 2.24) is 10.2 Å². The van der Waals surface area contributed by atoms with E-state index in [0.29, 0.717) is 0 Å². The van der Waals surface area contributed by atoms with Gasteiger partial charge in [0.25, 0.3) is 0 Å². The van der Waals surface area contributed by atoms with Crippen molar-refractivity contribution < 1.29 is 14.3 Å². The average Bonchev–Trinajstić information content (AvgIpc) is 2.26. The van der Waals surface area contributed by atoms with Crippen molar-refractivity contribution in [2.75, 3.05) is 26.7 Å². The van der Waals surface area contributed by atoms with Gasteiger partial charge in [-0.25, -0.2) is 4.79 Å². The SMILES string of the molecule is COC(=O)N(CC(N)=O)C1CCNCC1. The Labute approximate surface area is 88.7 Å². The molecule has 1 rings (SSSR count). The summed E-state index contributed by atoms with van der Waals surface area (Å²) in [5.74, 6) is -0.515. The van der Waals surface area contributed by atoms with E-state index in [0.717, 1.165) is 25.9 Å². The highest BCUT2D eigenvalue weighted by atomic mass is 16.5. The number of nitrogens with two attached hydrogens (primary N) is 1. The second-order valence-electron chi connectivity index (χ2n) is 3.55. The molecule has 0 bridgehead atoms. The third-order valence-electron chi connectivity index (χ3n) is 2.48. The summed E-state index contributed by atoms with van der Waals surface area (Å²) >= 11 is 0. The molecule has 0 atom stereocenters. The van der Waals surface area contributed by atoms with Gasteiger partial charge in [0, 0.05) is 6.04 Å². The van der Waals surface area contributed by atoms with Gasteiger partial charge in [0.05, 0.1) is 7.11 Å². The van der Waals surface area contributed by atoms with Gasteiger partial charge in [0.15, 0.2) is 0 Å². The van der Waals surface area contributed by atoms with E-state index in [1.54, 1.807) is 0 Å². The number of ether oxygens (including phenoxy) is 1. The van der Waals surface area contributed by atoms with Crippen molar-refractivity contribution in [2.45, 2.75) is 18.9 Å². The summed E-state index contributed by atoms with van der Waals surface area (Å²) in [6.45, 7) is 1.62. The molecular formula is C9H17N3O3. The molecule has 0 spiro atoms. The summed E-state index contributed by atoms with van der Waals surface area (Å²) in [5, 5.41) is 3.18. The Morgan fingerprint density at radius 3 is 2.53 bits per heavy atom. The summed E-state index contributed by atoms with van der Waals surface area (Å²) in [6.07, 6.45) is 1.16. The first-order valence-corrected chi connectivity index (χ1v) is 4.98. The lowest BCUT2D eigenvalue weighted by Crippen LogP contribution is -2.49. The quantitative estimate of drug-likeness (QED) is 0.651. The van der Waals surface area contributed by atoms with Crippen LogP contribution < -0.4 is 11.1 Å². The maximum Gasteiger partial charge on any atom is 0.410 e. The second-order valence-corrected chi connectivity index (χ2v) is 3.55. The van der Waals surface area contributed by atoms with E-state index in [2.05, 4.69) is 10.1 Å². The fraction of sp³-hybridized carbons (Fsp3) is 0.778. The molecule has 0 unspecified atom stereocenters. The van der Waals surface area contributed by atoms with E-state index in [9.17, 15) is 9.59 Å². The molecule has 86 valence electrons. The molecule has 1 aliphatic heterocycles. The zero-order valence-electron chi connectivity index (χ0n) is 8.86. The lowest BCUT2D eigenvalue weighted by Gasteiger charge is -2.32. The Morgan fingerprint density at radius 1 is 1.47 bits per heavy atom. The first-order valence-electron chi connectivity index (χ1n) is 4.98. The molecule has 0 aromatic heterocycles. The molecular weight excluding hydrogens is 198 g/mol. The van der Waals surface area contributed by atoms with Gasteiger partial charge in [-0.15, -0.1) is 0 Å². The van der Waals surface area contributed by atoms with Crippen LogP contribution in [0.2, 0.25) is 0 Å². The van der Waals surface area contributed by atoms with Crippen molar-refractivity contribution in [3.63, 3.8) is 0 Å². The third kappa shape index (κ3) is 3.39. The van der Waals surface area contributed by atoms with Crippen LogP contribution in [0.4, 0.5) is 4.79 Å². The number of nitrogens with one attached hydrogen (secondary N) is 1. The minimum absolute atomic E-state index is 0.0474. The van der Waals surface area contributed by atoms with Gasteiger partial charge in [0.2, 0.25) is 5.91 Å². The summed E-state index contributed by atoms with van der Waals surface area (Å²) < 4.78 is 4.63. The van der Waals surface area contributed by atoms with E-state index in [1.807, 2.05) is 0 Å². The predicted molar refractivity (Wildman–Crippen MR) is 54.2 cm³/mol. The number of rotatable bonds is 3. The number of hydrogen-bond acceptors (Lipinski definition) is 4. The van der Waals surface area contributed by atoms with Gasteiger partial charge in [-0.05, 0) is 25.9 Å². The third-order valence-corrected chi connectivity index (χ3v) is 2.48. The Kier molecular flexibility index (Phi) is 4.36. The highest BCUT2D eigenvalue weighted by Crippen LogP contribution is 2.12. The molecule has 0 aromatic rings. The van der Waals surface area contributed by atoms with Crippen LogP contribution in [0, 0.1) is 0 Å². The van der Waals surface area contributed by atoms with E-state index >= 15 is 0 Å². The topological polar surface area (TPSA) is 84.7 Å². The molecule has 1 aliphatic rings.